The summed E-state index contributed by atoms with van der Waals surface area (Å²) in [5.41, 5.74) is 3.14. The molecule has 2 aromatic carbocycles. The van der Waals surface area contributed by atoms with Gasteiger partial charge in [0.25, 0.3) is 0 Å². The summed E-state index contributed by atoms with van der Waals surface area (Å²) in [5.74, 6) is -0.312. The highest BCUT2D eigenvalue weighted by Gasteiger charge is 2.25. The van der Waals surface area contributed by atoms with Crippen molar-refractivity contribution < 1.29 is 9.13 Å². The summed E-state index contributed by atoms with van der Waals surface area (Å²) in [5, 5.41) is 0.454. The molecule has 0 N–H and O–H groups in total. The zero-order valence-electron chi connectivity index (χ0n) is 15.5. The van der Waals surface area contributed by atoms with Gasteiger partial charge in [-0.05, 0) is 43.9 Å². The lowest BCUT2D eigenvalue weighted by atomic mass is 10.0. The van der Waals surface area contributed by atoms with E-state index in [1.54, 1.807) is 29.2 Å². The maximum absolute atomic E-state index is 14.1. The van der Waals surface area contributed by atoms with Gasteiger partial charge in [-0.2, -0.15) is 0 Å². The molecule has 0 aliphatic carbocycles. The molecule has 1 aliphatic rings. The largest absolute Gasteiger partial charge is 0.375 e. The van der Waals surface area contributed by atoms with E-state index in [9.17, 15) is 4.39 Å². The highest BCUT2D eigenvalue weighted by molar-refractivity contribution is 7.99. The van der Waals surface area contributed by atoms with Crippen molar-refractivity contribution in [3.8, 4) is 21.6 Å². The van der Waals surface area contributed by atoms with E-state index in [4.69, 9.17) is 16.3 Å². The number of hydrogen-bond acceptors (Lipinski definition) is 4. The fourth-order valence-electron chi connectivity index (χ4n) is 3.05. The van der Waals surface area contributed by atoms with Crippen molar-refractivity contribution in [3.63, 3.8) is 0 Å². The van der Waals surface area contributed by atoms with Crippen LogP contribution in [0.2, 0.25) is 5.02 Å². The van der Waals surface area contributed by atoms with Crippen LogP contribution in [-0.2, 0) is 11.3 Å². The molecule has 0 amide bonds. The standard InChI is InChI=1S/C21H19ClFNOS2.ClH/c1-24(2)7-8-25-12-14-11-16-15-5-3-4-6-19(15)27-21-17(20(16)26-14)9-13(23)10-18(21)22;/h3-6,9-11H,7-8,12H2,1-2H3;1H. The van der Waals surface area contributed by atoms with E-state index in [1.165, 1.54) is 6.07 Å². The number of likely N-dealkylation sites (N-methyl/N-ethyl adjacent to an activating group) is 1. The molecule has 0 spiro atoms. The van der Waals surface area contributed by atoms with Gasteiger partial charge < -0.3 is 9.64 Å². The number of rotatable bonds is 5. The van der Waals surface area contributed by atoms with Gasteiger partial charge in [0.15, 0.2) is 0 Å². The Hall–Kier alpha value is -1.08. The van der Waals surface area contributed by atoms with Crippen molar-refractivity contribution >= 4 is 47.1 Å². The Kier molecular flexibility index (Phi) is 7.07. The first-order valence-corrected chi connectivity index (χ1v) is 10.7. The van der Waals surface area contributed by atoms with Crippen LogP contribution in [-0.4, -0.2) is 32.1 Å². The zero-order valence-corrected chi connectivity index (χ0v) is 18.7. The monoisotopic (exact) mass is 455 g/mol. The highest BCUT2D eigenvalue weighted by atomic mass is 35.5. The summed E-state index contributed by atoms with van der Waals surface area (Å²) in [6.45, 7) is 2.12. The molecule has 2 heterocycles. The minimum atomic E-state index is -0.312. The number of fused-ring (bicyclic) bond motifs is 5. The normalized spacial score (nSPS) is 12.0. The maximum atomic E-state index is 14.1. The Balaban J connectivity index is 0.00000225. The van der Waals surface area contributed by atoms with Gasteiger partial charge in [-0.3, -0.25) is 0 Å². The summed E-state index contributed by atoms with van der Waals surface area (Å²) in [6, 6.07) is 13.4. The van der Waals surface area contributed by atoms with Gasteiger partial charge in [0.1, 0.15) is 5.82 Å². The van der Waals surface area contributed by atoms with Crippen molar-refractivity contribution in [2.75, 3.05) is 27.2 Å². The molecule has 0 fully saturated rings. The molecule has 0 bridgehead atoms. The van der Waals surface area contributed by atoms with Crippen molar-refractivity contribution in [2.45, 2.75) is 16.4 Å². The van der Waals surface area contributed by atoms with Crippen LogP contribution in [0.25, 0.3) is 21.6 Å². The van der Waals surface area contributed by atoms with E-state index >= 15 is 0 Å². The molecule has 1 aliphatic heterocycles. The second kappa shape index (κ2) is 9.16. The lowest BCUT2D eigenvalue weighted by Crippen LogP contribution is -2.17. The zero-order chi connectivity index (χ0) is 19.0. The summed E-state index contributed by atoms with van der Waals surface area (Å²) in [4.78, 5) is 6.31. The average Bonchev–Trinajstić information content (AvgIpc) is 3.00. The van der Waals surface area contributed by atoms with Crippen molar-refractivity contribution in [1.29, 1.82) is 0 Å². The molecule has 4 rings (SSSR count). The van der Waals surface area contributed by atoms with Gasteiger partial charge in [-0.25, -0.2) is 4.39 Å². The molecule has 28 heavy (non-hydrogen) atoms. The summed E-state index contributed by atoms with van der Waals surface area (Å²) in [7, 11) is 4.06. The molecule has 3 aromatic rings. The Morgan fingerprint density at radius 1 is 1.07 bits per heavy atom. The number of thiophene rings is 1. The fraction of sp³-hybridized carbons (Fsp3) is 0.238. The smallest absolute Gasteiger partial charge is 0.125 e. The van der Waals surface area contributed by atoms with E-state index < -0.39 is 0 Å². The Morgan fingerprint density at radius 2 is 1.86 bits per heavy atom. The molecule has 0 radical (unpaired) electrons. The van der Waals surface area contributed by atoms with Gasteiger partial charge in [0.05, 0.1) is 18.2 Å². The molecule has 7 heteroatoms. The van der Waals surface area contributed by atoms with Crippen molar-refractivity contribution in [3.05, 3.63) is 58.2 Å². The second-order valence-electron chi connectivity index (χ2n) is 6.67. The summed E-state index contributed by atoms with van der Waals surface area (Å²) in [6.07, 6.45) is 0. The molecular formula is C21H20Cl2FNOS2. The molecule has 1 aromatic heterocycles. The molecule has 0 atom stereocenters. The van der Waals surface area contributed by atoms with E-state index in [0.717, 1.165) is 42.8 Å². The predicted molar refractivity (Wildman–Crippen MR) is 120 cm³/mol. The first kappa shape index (κ1) is 21.6. The number of benzene rings is 2. The molecule has 0 saturated carbocycles. The van der Waals surface area contributed by atoms with Crippen molar-refractivity contribution in [1.82, 2.24) is 4.90 Å². The van der Waals surface area contributed by atoms with Crippen LogP contribution in [0, 0.1) is 5.82 Å². The van der Waals surface area contributed by atoms with E-state index in [-0.39, 0.29) is 18.2 Å². The molecule has 0 unspecified atom stereocenters. The number of nitrogens with zero attached hydrogens (tertiary/aromatic N) is 1. The van der Waals surface area contributed by atoms with E-state index in [2.05, 4.69) is 23.1 Å². The van der Waals surface area contributed by atoms with Crippen molar-refractivity contribution in [2.24, 2.45) is 0 Å². The van der Waals surface area contributed by atoms with Crippen LogP contribution < -0.4 is 0 Å². The van der Waals surface area contributed by atoms with Crippen LogP contribution in [0.4, 0.5) is 4.39 Å². The van der Waals surface area contributed by atoms with Crippen LogP contribution >= 0.6 is 47.1 Å². The van der Waals surface area contributed by atoms with Gasteiger partial charge in [0.2, 0.25) is 0 Å². The average molecular weight is 456 g/mol. The second-order valence-corrected chi connectivity index (χ2v) is 9.27. The predicted octanol–water partition coefficient (Wildman–Crippen LogP) is 6.84. The number of halogens is 3. The minimum Gasteiger partial charge on any atom is -0.375 e. The van der Waals surface area contributed by atoms with Gasteiger partial charge in [-0.1, -0.05) is 41.6 Å². The third-order valence-corrected chi connectivity index (χ3v) is 7.12. The quantitative estimate of drug-likeness (QED) is 0.305. The molecule has 148 valence electrons. The Morgan fingerprint density at radius 3 is 2.64 bits per heavy atom. The fourth-order valence-corrected chi connectivity index (χ4v) is 5.65. The Bertz CT molecular complexity index is 991. The first-order chi connectivity index (χ1) is 13.0. The van der Waals surface area contributed by atoms with Gasteiger partial charge >= 0.3 is 0 Å². The van der Waals surface area contributed by atoms with E-state index in [1.807, 2.05) is 26.2 Å². The minimum absolute atomic E-state index is 0. The SMILES string of the molecule is CN(C)CCOCc1cc2c(s1)-c1cc(F)cc(Cl)c1Sc1ccccc1-2.Cl. The number of hydrogen-bond donors (Lipinski definition) is 0. The lowest BCUT2D eigenvalue weighted by molar-refractivity contribution is 0.107. The van der Waals surface area contributed by atoms with Gasteiger partial charge in [0, 0.05) is 37.2 Å². The third kappa shape index (κ3) is 4.40. The first-order valence-electron chi connectivity index (χ1n) is 8.65. The highest BCUT2D eigenvalue weighted by Crippen LogP contribution is 2.53. The maximum Gasteiger partial charge on any atom is 0.125 e. The molecule has 2 nitrogen and oxygen atoms in total. The third-order valence-electron chi connectivity index (χ3n) is 4.35. The number of ether oxygens (including phenoxy) is 1. The van der Waals surface area contributed by atoms with Crippen LogP contribution in [0.1, 0.15) is 4.88 Å². The van der Waals surface area contributed by atoms with E-state index in [0.29, 0.717) is 18.2 Å². The lowest BCUT2D eigenvalue weighted by Gasteiger charge is -2.09. The van der Waals surface area contributed by atoms with Gasteiger partial charge in [-0.15, -0.1) is 23.7 Å². The molecule has 0 saturated heterocycles. The van der Waals surface area contributed by atoms with Crippen LogP contribution in [0.3, 0.4) is 0 Å². The van der Waals surface area contributed by atoms with Crippen LogP contribution in [0.5, 0.6) is 0 Å². The summed E-state index contributed by atoms with van der Waals surface area (Å²) >= 11 is 9.66. The molecular weight excluding hydrogens is 436 g/mol. The van der Waals surface area contributed by atoms with Crippen LogP contribution in [0.15, 0.2) is 52.3 Å². The Labute approximate surface area is 184 Å². The summed E-state index contributed by atoms with van der Waals surface area (Å²) < 4.78 is 19.9. The topological polar surface area (TPSA) is 12.5 Å².